The van der Waals surface area contributed by atoms with E-state index in [4.69, 9.17) is 25.3 Å². The van der Waals surface area contributed by atoms with Gasteiger partial charge < -0.3 is 18.2 Å². The van der Waals surface area contributed by atoms with Crippen LogP contribution in [0.4, 0.5) is 0 Å². The van der Waals surface area contributed by atoms with Crippen molar-refractivity contribution in [1.29, 1.82) is 0 Å². The van der Waals surface area contributed by atoms with Gasteiger partial charge in [-0.2, -0.15) is 0 Å². The third kappa shape index (κ3) is 2.86. The van der Waals surface area contributed by atoms with Crippen LogP contribution in [0.5, 0.6) is 0 Å². The van der Waals surface area contributed by atoms with Crippen LogP contribution in [0, 0.1) is 0 Å². The zero-order valence-electron chi connectivity index (χ0n) is 13.0. The van der Waals surface area contributed by atoms with E-state index in [0.717, 1.165) is 16.6 Å². The lowest BCUT2D eigenvalue weighted by atomic mass is 10.1. The molecular weight excluding hydrogens is 465 g/mol. The third-order valence-corrected chi connectivity index (χ3v) is 5.54. The van der Waals surface area contributed by atoms with Gasteiger partial charge in [0.15, 0.2) is 5.79 Å². The summed E-state index contributed by atoms with van der Waals surface area (Å²) in [5.41, 5.74) is 1.87. The zero-order valence-corrected chi connectivity index (χ0v) is 16.7. The van der Waals surface area contributed by atoms with Crippen molar-refractivity contribution in [2.75, 3.05) is 6.61 Å². The van der Waals surface area contributed by atoms with E-state index >= 15 is 0 Å². The number of ether oxygens (including phenoxy) is 2. The molecule has 0 N–H and O–H groups in total. The topological polar surface area (TPSA) is 58.4 Å². The Labute approximate surface area is 160 Å². The Morgan fingerprint density at radius 3 is 3.04 bits per heavy atom. The SMILES string of the molecule is CC1(C)O[C@@H]2[C@H](O1)C(COSI)=C[C@H]2n1ccc2c(Cl)ncnc21. The fourth-order valence-corrected chi connectivity index (χ4v) is 4.13. The largest absolute Gasteiger partial charge is 0.342 e. The van der Waals surface area contributed by atoms with E-state index in [9.17, 15) is 0 Å². The van der Waals surface area contributed by atoms with E-state index < -0.39 is 5.79 Å². The van der Waals surface area contributed by atoms with Gasteiger partial charge in [-0.3, -0.25) is 0 Å². The first-order valence-electron chi connectivity index (χ1n) is 7.43. The number of aromatic nitrogens is 3. The van der Waals surface area contributed by atoms with E-state index in [0.29, 0.717) is 11.8 Å². The van der Waals surface area contributed by atoms with Crippen LogP contribution < -0.4 is 0 Å². The van der Waals surface area contributed by atoms with Crippen molar-refractivity contribution in [2.45, 2.75) is 37.9 Å². The predicted molar refractivity (Wildman–Crippen MR) is 101 cm³/mol. The Bertz CT molecular complexity index is 812. The predicted octanol–water partition coefficient (Wildman–Crippen LogP) is 4.10. The molecule has 0 aromatic carbocycles. The first-order valence-corrected chi connectivity index (χ1v) is 11.1. The lowest BCUT2D eigenvalue weighted by Gasteiger charge is -2.22. The summed E-state index contributed by atoms with van der Waals surface area (Å²) in [6, 6.07) is 1.90. The molecule has 1 fully saturated rings. The molecular formula is C15H15ClIN3O3S. The second kappa shape index (κ2) is 6.40. The van der Waals surface area contributed by atoms with Gasteiger partial charge in [0.2, 0.25) is 0 Å². The minimum absolute atomic E-state index is 0.0296. The fourth-order valence-electron chi connectivity index (χ4n) is 3.37. The van der Waals surface area contributed by atoms with Gasteiger partial charge in [-0.1, -0.05) is 17.7 Å². The molecule has 4 rings (SSSR count). The average molecular weight is 480 g/mol. The van der Waals surface area contributed by atoms with E-state index in [1.54, 1.807) is 0 Å². The number of fused-ring (bicyclic) bond motifs is 2. The number of halogens is 2. The van der Waals surface area contributed by atoms with Crippen LogP contribution in [-0.2, 0) is 13.7 Å². The Balaban J connectivity index is 1.75. The zero-order chi connectivity index (χ0) is 16.9. The summed E-state index contributed by atoms with van der Waals surface area (Å²) in [5, 5.41) is 1.28. The molecule has 3 heterocycles. The molecule has 6 nitrogen and oxygen atoms in total. The highest BCUT2D eigenvalue weighted by Crippen LogP contribution is 2.44. The van der Waals surface area contributed by atoms with Crippen molar-refractivity contribution in [3.05, 3.63) is 35.4 Å². The van der Waals surface area contributed by atoms with Crippen molar-refractivity contribution in [3.8, 4) is 0 Å². The molecule has 0 saturated carbocycles. The first-order chi connectivity index (χ1) is 11.5. The highest BCUT2D eigenvalue weighted by Gasteiger charge is 2.50. The van der Waals surface area contributed by atoms with Crippen molar-refractivity contribution >= 4 is 53.1 Å². The van der Waals surface area contributed by atoms with E-state index in [2.05, 4.69) is 41.8 Å². The maximum absolute atomic E-state index is 6.17. The van der Waals surface area contributed by atoms with Crippen LogP contribution in [0.15, 0.2) is 30.2 Å². The second-order valence-corrected chi connectivity index (χ2v) is 8.00. The van der Waals surface area contributed by atoms with E-state index in [-0.39, 0.29) is 18.2 Å². The molecule has 24 heavy (non-hydrogen) atoms. The second-order valence-electron chi connectivity index (χ2n) is 6.20. The van der Waals surface area contributed by atoms with Crippen LogP contribution in [0.25, 0.3) is 11.0 Å². The minimum Gasteiger partial charge on any atom is -0.342 e. The molecule has 1 saturated heterocycles. The van der Waals surface area contributed by atoms with Gasteiger partial charge in [-0.25, -0.2) is 9.97 Å². The molecule has 0 amide bonds. The summed E-state index contributed by atoms with van der Waals surface area (Å²) in [5.74, 6) is -0.625. The van der Waals surface area contributed by atoms with Gasteiger partial charge in [0.1, 0.15) is 29.3 Å². The molecule has 9 heteroatoms. The Kier molecular flexibility index (Phi) is 4.55. The maximum Gasteiger partial charge on any atom is 0.164 e. The van der Waals surface area contributed by atoms with Gasteiger partial charge in [0.25, 0.3) is 0 Å². The number of hydrogen-bond donors (Lipinski definition) is 0. The van der Waals surface area contributed by atoms with Gasteiger partial charge in [0, 0.05) is 27.4 Å². The van der Waals surface area contributed by atoms with Gasteiger partial charge in [-0.05, 0) is 25.5 Å². The summed E-state index contributed by atoms with van der Waals surface area (Å²) < 4.78 is 19.8. The number of hydrogen-bond acceptors (Lipinski definition) is 6. The summed E-state index contributed by atoms with van der Waals surface area (Å²) in [6.45, 7) is 4.36. The smallest absolute Gasteiger partial charge is 0.164 e. The quantitative estimate of drug-likeness (QED) is 0.285. The van der Waals surface area contributed by atoms with Crippen LogP contribution >= 0.6 is 42.0 Å². The Hall–Kier alpha value is -0.390. The van der Waals surface area contributed by atoms with Gasteiger partial charge >= 0.3 is 0 Å². The van der Waals surface area contributed by atoms with Crippen molar-refractivity contribution < 1.29 is 13.7 Å². The van der Waals surface area contributed by atoms with Crippen LogP contribution in [0.1, 0.15) is 19.9 Å². The molecule has 2 aromatic heterocycles. The Morgan fingerprint density at radius 1 is 1.42 bits per heavy atom. The highest BCUT2D eigenvalue weighted by molar-refractivity contribution is 14.2. The molecule has 2 aliphatic rings. The number of nitrogens with zero attached hydrogens (tertiary/aromatic N) is 3. The van der Waals surface area contributed by atoms with Crippen LogP contribution in [-0.4, -0.2) is 39.1 Å². The standard InChI is InChI=1S/C15H15ClIN3O3S/c1-15(2)22-11-8(6-21-24-17)5-10(12(11)23-15)20-4-3-9-13(16)18-7-19-14(9)20/h3-5,7,10-12H,6H2,1-2H3/t10-,11-,12+/m1/s1. The molecule has 0 spiro atoms. The summed E-state index contributed by atoms with van der Waals surface area (Å²) >= 11 is 8.28. The lowest BCUT2D eigenvalue weighted by molar-refractivity contribution is -0.148. The van der Waals surface area contributed by atoms with Crippen LogP contribution in [0.2, 0.25) is 5.15 Å². The van der Waals surface area contributed by atoms with Crippen molar-refractivity contribution in [3.63, 3.8) is 0 Å². The summed E-state index contributed by atoms with van der Waals surface area (Å²) in [6.07, 6.45) is 5.34. The molecule has 0 radical (unpaired) electrons. The maximum atomic E-state index is 6.17. The van der Waals surface area contributed by atoms with Crippen LogP contribution in [0.3, 0.4) is 0 Å². The summed E-state index contributed by atoms with van der Waals surface area (Å²) in [7, 11) is 1.31. The Morgan fingerprint density at radius 2 is 2.25 bits per heavy atom. The molecule has 0 unspecified atom stereocenters. The molecule has 1 aliphatic heterocycles. The molecule has 1 aliphatic carbocycles. The highest BCUT2D eigenvalue weighted by atomic mass is 127. The molecule has 0 bridgehead atoms. The van der Waals surface area contributed by atoms with E-state index in [1.165, 1.54) is 15.5 Å². The van der Waals surface area contributed by atoms with E-state index in [1.807, 2.05) is 26.1 Å². The first kappa shape index (κ1) is 17.0. The van der Waals surface area contributed by atoms with Gasteiger partial charge in [-0.15, -0.1) is 0 Å². The average Bonchev–Trinajstić information content (AvgIpc) is 3.17. The fraction of sp³-hybridized carbons (Fsp3) is 0.467. The van der Waals surface area contributed by atoms with Gasteiger partial charge in [0.05, 0.1) is 27.2 Å². The summed E-state index contributed by atoms with van der Waals surface area (Å²) in [4.78, 5) is 8.43. The molecule has 3 atom stereocenters. The lowest BCUT2D eigenvalue weighted by Crippen LogP contribution is -2.28. The molecule has 2 aromatic rings. The molecule has 128 valence electrons. The van der Waals surface area contributed by atoms with Crippen molar-refractivity contribution in [2.24, 2.45) is 0 Å². The number of rotatable bonds is 4. The monoisotopic (exact) mass is 479 g/mol. The third-order valence-electron chi connectivity index (χ3n) is 4.27. The normalized spacial score (nSPS) is 28.3. The minimum atomic E-state index is -0.625. The van der Waals surface area contributed by atoms with Crippen molar-refractivity contribution in [1.82, 2.24) is 14.5 Å².